The van der Waals surface area contributed by atoms with Crippen LogP contribution in [0.5, 0.6) is 0 Å². The molecule has 130 valence electrons. The Balaban J connectivity index is 1.54. The van der Waals surface area contributed by atoms with E-state index in [1.165, 1.54) is 0 Å². The summed E-state index contributed by atoms with van der Waals surface area (Å²) in [6.07, 6.45) is 2.71. The van der Waals surface area contributed by atoms with Crippen LogP contribution in [0.4, 0.5) is 0 Å². The summed E-state index contributed by atoms with van der Waals surface area (Å²) in [5.74, 6) is 1.05. The molecule has 4 heterocycles. The average Bonchev–Trinajstić information content (AvgIpc) is 2.54. The predicted molar refractivity (Wildman–Crippen MR) is 90.9 cm³/mol. The largest absolute Gasteiger partial charge is 0.376 e. The van der Waals surface area contributed by atoms with Gasteiger partial charge in [0.1, 0.15) is 0 Å². The number of pyridine rings is 1. The molecule has 3 atom stereocenters. The molecular weight excluding hydrogens is 304 g/mol. The maximum atomic E-state index is 13.1. The summed E-state index contributed by atoms with van der Waals surface area (Å²) in [6.45, 7) is 7.08. The Labute approximate surface area is 142 Å². The molecule has 3 aliphatic heterocycles. The van der Waals surface area contributed by atoms with Gasteiger partial charge in [-0.05, 0) is 45.1 Å². The fourth-order valence-corrected chi connectivity index (χ4v) is 4.78. The van der Waals surface area contributed by atoms with E-state index in [9.17, 15) is 9.59 Å². The molecule has 0 aliphatic carbocycles. The Kier molecular flexibility index (Phi) is 3.79. The van der Waals surface area contributed by atoms with E-state index in [1.807, 2.05) is 16.7 Å². The van der Waals surface area contributed by atoms with E-state index in [0.717, 1.165) is 44.6 Å². The summed E-state index contributed by atoms with van der Waals surface area (Å²) >= 11 is 0. The third-order valence-corrected chi connectivity index (χ3v) is 5.84. The summed E-state index contributed by atoms with van der Waals surface area (Å²) in [6, 6.07) is 5.53. The van der Waals surface area contributed by atoms with E-state index in [-0.39, 0.29) is 23.0 Å². The average molecular weight is 330 g/mol. The van der Waals surface area contributed by atoms with Crippen LogP contribution in [0.3, 0.4) is 0 Å². The van der Waals surface area contributed by atoms with Crippen LogP contribution in [0, 0.1) is 11.8 Å². The van der Waals surface area contributed by atoms with E-state index in [0.29, 0.717) is 18.4 Å². The van der Waals surface area contributed by atoms with Gasteiger partial charge >= 0.3 is 0 Å². The molecule has 0 spiro atoms. The van der Waals surface area contributed by atoms with Crippen LogP contribution in [0.1, 0.15) is 44.7 Å². The van der Waals surface area contributed by atoms with E-state index in [4.69, 9.17) is 4.74 Å². The number of piperidine rings is 1. The maximum absolute atomic E-state index is 13.1. The first-order valence-corrected chi connectivity index (χ1v) is 9.05. The topological polar surface area (TPSA) is 51.5 Å². The van der Waals surface area contributed by atoms with Crippen molar-refractivity contribution in [1.82, 2.24) is 9.47 Å². The first-order valence-electron chi connectivity index (χ1n) is 9.05. The van der Waals surface area contributed by atoms with Crippen molar-refractivity contribution in [3.8, 4) is 0 Å². The molecule has 0 N–H and O–H groups in total. The number of aromatic nitrogens is 1. The first-order chi connectivity index (χ1) is 11.4. The molecule has 1 amide bonds. The molecule has 1 aromatic rings. The summed E-state index contributed by atoms with van der Waals surface area (Å²) in [4.78, 5) is 27.2. The van der Waals surface area contributed by atoms with Crippen LogP contribution in [-0.4, -0.2) is 40.7 Å². The lowest BCUT2D eigenvalue weighted by atomic mass is 9.81. The number of hydrogen-bond donors (Lipinski definition) is 0. The summed E-state index contributed by atoms with van der Waals surface area (Å²) < 4.78 is 7.67. The lowest BCUT2D eigenvalue weighted by Crippen LogP contribution is -2.52. The second-order valence-corrected chi connectivity index (χ2v) is 8.24. The zero-order valence-electron chi connectivity index (χ0n) is 14.5. The van der Waals surface area contributed by atoms with Gasteiger partial charge in [0.05, 0.1) is 5.60 Å². The zero-order valence-corrected chi connectivity index (χ0v) is 14.5. The van der Waals surface area contributed by atoms with Crippen molar-refractivity contribution < 1.29 is 9.53 Å². The molecule has 24 heavy (non-hydrogen) atoms. The fourth-order valence-electron chi connectivity index (χ4n) is 4.78. The van der Waals surface area contributed by atoms with E-state index < -0.39 is 0 Å². The lowest BCUT2D eigenvalue weighted by molar-refractivity contribution is -0.148. The molecule has 5 nitrogen and oxygen atoms in total. The van der Waals surface area contributed by atoms with Crippen molar-refractivity contribution >= 4 is 5.91 Å². The number of carbonyl (C=O) groups is 1. The molecule has 1 aromatic heterocycles. The van der Waals surface area contributed by atoms with Gasteiger partial charge in [0.25, 0.3) is 5.56 Å². The first kappa shape index (κ1) is 15.9. The lowest BCUT2D eigenvalue weighted by Gasteiger charge is -2.45. The molecule has 0 saturated carbocycles. The summed E-state index contributed by atoms with van der Waals surface area (Å²) in [7, 11) is 0. The fraction of sp³-hybridized carbons (Fsp3) is 0.684. The van der Waals surface area contributed by atoms with Gasteiger partial charge in [-0.15, -0.1) is 0 Å². The van der Waals surface area contributed by atoms with Crippen LogP contribution < -0.4 is 5.56 Å². The van der Waals surface area contributed by atoms with E-state index >= 15 is 0 Å². The summed E-state index contributed by atoms with van der Waals surface area (Å²) in [5, 5.41) is 0. The number of ether oxygens (including phenoxy) is 1. The van der Waals surface area contributed by atoms with Gasteiger partial charge in [-0.1, -0.05) is 6.07 Å². The van der Waals surface area contributed by atoms with Crippen molar-refractivity contribution in [2.24, 2.45) is 11.8 Å². The molecule has 1 unspecified atom stereocenters. The molecule has 2 saturated heterocycles. The van der Waals surface area contributed by atoms with Gasteiger partial charge in [0.2, 0.25) is 5.91 Å². The second-order valence-electron chi connectivity index (χ2n) is 8.24. The normalized spacial score (nSPS) is 31.4. The van der Waals surface area contributed by atoms with Crippen molar-refractivity contribution in [3.63, 3.8) is 0 Å². The molecule has 2 bridgehead atoms. The Hall–Kier alpha value is -1.62. The molecular formula is C19H26N2O3. The monoisotopic (exact) mass is 330 g/mol. The van der Waals surface area contributed by atoms with Gasteiger partial charge in [-0.25, -0.2) is 0 Å². The Morgan fingerprint density at radius 1 is 1.25 bits per heavy atom. The summed E-state index contributed by atoms with van der Waals surface area (Å²) in [5.41, 5.74) is 0.987. The van der Waals surface area contributed by atoms with Gasteiger partial charge in [0.15, 0.2) is 0 Å². The quantitative estimate of drug-likeness (QED) is 0.791. The number of nitrogens with zero attached hydrogens (tertiary/aromatic N) is 2. The highest BCUT2D eigenvalue weighted by Gasteiger charge is 2.40. The smallest absolute Gasteiger partial charge is 0.250 e. The van der Waals surface area contributed by atoms with E-state index in [2.05, 4.69) is 18.7 Å². The van der Waals surface area contributed by atoms with Crippen molar-refractivity contribution in [3.05, 3.63) is 34.2 Å². The molecule has 0 aromatic carbocycles. The standard InChI is InChI=1S/C19H26N2O3/c1-19(2)9-14(6-7-24-19)18(23)20-10-13-8-15(12-20)16-4-3-5-17(22)21(16)11-13/h3-5,13-15H,6-12H2,1-2H3/t13-,14?,15-/m0/s1. The van der Waals surface area contributed by atoms with Gasteiger partial charge in [0, 0.05) is 49.8 Å². The molecule has 5 heteroatoms. The highest BCUT2D eigenvalue weighted by molar-refractivity contribution is 5.79. The van der Waals surface area contributed by atoms with Gasteiger partial charge in [-0.2, -0.15) is 0 Å². The van der Waals surface area contributed by atoms with Crippen LogP contribution >= 0.6 is 0 Å². The van der Waals surface area contributed by atoms with E-state index in [1.54, 1.807) is 6.07 Å². The second kappa shape index (κ2) is 5.73. The number of fused-ring (bicyclic) bond motifs is 4. The van der Waals surface area contributed by atoms with Gasteiger partial charge in [-0.3, -0.25) is 9.59 Å². The zero-order chi connectivity index (χ0) is 16.9. The third kappa shape index (κ3) is 2.79. The Morgan fingerprint density at radius 2 is 2.08 bits per heavy atom. The molecule has 4 rings (SSSR count). The van der Waals surface area contributed by atoms with Crippen LogP contribution in [0.15, 0.2) is 23.0 Å². The Morgan fingerprint density at radius 3 is 2.88 bits per heavy atom. The highest BCUT2D eigenvalue weighted by atomic mass is 16.5. The van der Waals surface area contributed by atoms with Crippen LogP contribution in [0.2, 0.25) is 0 Å². The van der Waals surface area contributed by atoms with Crippen molar-refractivity contribution in [1.29, 1.82) is 0 Å². The number of hydrogen-bond acceptors (Lipinski definition) is 3. The van der Waals surface area contributed by atoms with Crippen molar-refractivity contribution in [2.45, 2.75) is 51.2 Å². The maximum Gasteiger partial charge on any atom is 0.250 e. The SMILES string of the molecule is CC1(C)CC(C(=O)N2C[C@@H]3C[C@@H](C2)c2cccc(=O)n2C3)CCO1. The third-order valence-electron chi connectivity index (χ3n) is 5.84. The minimum absolute atomic E-state index is 0.0746. The molecule has 3 aliphatic rings. The Bertz CT molecular complexity index is 709. The predicted octanol–water partition coefficient (Wildman–Crippen LogP) is 2.00. The minimum Gasteiger partial charge on any atom is -0.376 e. The molecule has 0 radical (unpaired) electrons. The number of likely N-dealkylation sites (tertiary alicyclic amines) is 1. The highest BCUT2D eigenvalue weighted by Crippen LogP contribution is 2.37. The molecule has 2 fully saturated rings. The number of amides is 1. The number of carbonyl (C=O) groups excluding carboxylic acids is 1. The number of rotatable bonds is 1. The van der Waals surface area contributed by atoms with Crippen LogP contribution in [-0.2, 0) is 16.1 Å². The van der Waals surface area contributed by atoms with Crippen molar-refractivity contribution in [2.75, 3.05) is 19.7 Å². The minimum atomic E-state index is -0.204. The van der Waals surface area contributed by atoms with Gasteiger partial charge < -0.3 is 14.2 Å². The van der Waals surface area contributed by atoms with Crippen LogP contribution in [0.25, 0.3) is 0 Å².